The van der Waals surface area contributed by atoms with Crippen molar-refractivity contribution >= 4 is 28.3 Å². The van der Waals surface area contributed by atoms with Crippen molar-refractivity contribution in [3.05, 3.63) is 73.2 Å². The molecule has 2 aromatic heterocycles. The highest BCUT2D eigenvalue weighted by Gasteiger charge is 2.28. The first-order valence-corrected chi connectivity index (χ1v) is 11.1. The van der Waals surface area contributed by atoms with Gasteiger partial charge in [0.15, 0.2) is 5.65 Å². The van der Waals surface area contributed by atoms with Gasteiger partial charge in [-0.15, -0.1) is 0 Å². The van der Waals surface area contributed by atoms with Gasteiger partial charge in [0.1, 0.15) is 29.7 Å². The lowest BCUT2D eigenvalue weighted by Gasteiger charge is -2.32. The Balaban J connectivity index is 1.44. The number of likely N-dealkylation sites (tertiary alicyclic amines) is 1. The monoisotopic (exact) mass is 442 g/mol. The molecule has 0 bridgehead atoms. The lowest BCUT2D eigenvalue weighted by molar-refractivity contribution is -0.127. The van der Waals surface area contributed by atoms with Crippen molar-refractivity contribution < 1.29 is 9.53 Å². The van der Waals surface area contributed by atoms with Crippen LogP contribution in [0.15, 0.2) is 67.5 Å². The third-order valence-corrected chi connectivity index (χ3v) is 6.11. The zero-order valence-electron chi connectivity index (χ0n) is 18.3. The van der Waals surface area contributed by atoms with Gasteiger partial charge in [0.25, 0.3) is 0 Å². The second-order valence-electron chi connectivity index (χ2n) is 8.26. The highest BCUT2D eigenvalue weighted by atomic mass is 16.5. The van der Waals surface area contributed by atoms with Crippen LogP contribution in [-0.2, 0) is 4.79 Å². The molecule has 3 aromatic rings. The number of aromatic nitrogens is 4. The number of rotatable bonds is 5. The summed E-state index contributed by atoms with van der Waals surface area (Å²) in [5, 5.41) is 5.68. The lowest BCUT2D eigenvalue weighted by atomic mass is 10.0. The zero-order valence-corrected chi connectivity index (χ0v) is 18.3. The third-order valence-electron chi connectivity index (χ3n) is 6.11. The summed E-state index contributed by atoms with van der Waals surface area (Å²) in [5.74, 6) is 1.17. The Morgan fingerprint density at radius 1 is 1.24 bits per heavy atom. The van der Waals surface area contributed by atoms with Gasteiger partial charge in [-0.05, 0) is 42.7 Å². The largest absolute Gasteiger partial charge is 0.486 e. The van der Waals surface area contributed by atoms with Crippen LogP contribution in [0.5, 0.6) is 5.75 Å². The molecule has 2 unspecified atom stereocenters. The number of para-hydroxylation sites is 1. The van der Waals surface area contributed by atoms with Gasteiger partial charge in [0, 0.05) is 19.5 Å². The molecule has 1 aliphatic heterocycles. The van der Waals surface area contributed by atoms with E-state index in [4.69, 9.17) is 15.6 Å². The second-order valence-corrected chi connectivity index (χ2v) is 8.26. The number of hydrogen-bond donors (Lipinski definition) is 1. The van der Waals surface area contributed by atoms with E-state index in [0.29, 0.717) is 24.4 Å². The van der Waals surface area contributed by atoms with E-state index in [1.165, 1.54) is 12.4 Å². The van der Waals surface area contributed by atoms with E-state index in [9.17, 15) is 4.79 Å². The predicted molar refractivity (Wildman–Crippen MR) is 127 cm³/mol. The Morgan fingerprint density at radius 3 is 2.85 bits per heavy atom. The molecule has 3 heterocycles. The maximum atomic E-state index is 12.2. The summed E-state index contributed by atoms with van der Waals surface area (Å²) < 4.78 is 7.95. The Bertz CT molecular complexity index is 1250. The van der Waals surface area contributed by atoms with E-state index in [-0.39, 0.29) is 18.1 Å². The lowest BCUT2D eigenvalue weighted by Crippen LogP contribution is -2.40. The predicted octanol–water partition coefficient (Wildman–Crippen LogP) is 3.55. The van der Waals surface area contributed by atoms with Crippen molar-refractivity contribution in [3.63, 3.8) is 0 Å². The van der Waals surface area contributed by atoms with Crippen molar-refractivity contribution in [2.45, 2.75) is 31.4 Å². The van der Waals surface area contributed by atoms with Gasteiger partial charge in [0.2, 0.25) is 5.91 Å². The fraction of sp³-hybridized carbons (Fsp3) is 0.280. The van der Waals surface area contributed by atoms with Gasteiger partial charge >= 0.3 is 0 Å². The minimum Gasteiger partial charge on any atom is -0.486 e. The molecule has 33 heavy (non-hydrogen) atoms. The number of hydrogen-bond acceptors (Lipinski definition) is 6. The zero-order chi connectivity index (χ0) is 22.8. The molecule has 1 aromatic carbocycles. The first-order valence-electron chi connectivity index (χ1n) is 11.1. The smallest absolute Gasteiger partial charge is 0.246 e. The van der Waals surface area contributed by atoms with Crippen molar-refractivity contribution in [2.75, 3.05) is 18.8 Å². The number of amides is 1. The van der Waals surface area contributed by atoms with Crippen LogP contribution >= 0.6 is 0 Å². The quantitative estimate of drug-likeness (QED) is 0.607. The van der Waals surface area contributed by atoms with Crippen molar-refractivity contribution in [2.24, 2.45) is 0 Å². The fourth-order valence-corrected chi connectivity index (χ4v) is 4.47. The fourth-order valence-electron chi connectivity index (χ4n) is 4.47. The highest BCUT2D eigenvalue weighted by Crippen LogP contribution is 2.33. The van der Waals surface area contributed by atoms with Gasteiger partial charge in [0.05, 0.1) is 11.4 Å². The molecule has 2 N–H and O–H groups in total. The van der Waals surface area contributed by atoms with Gasteiger partial charge in [-0.2, -0.15) is 5.10 Å². The third kappa shape index (κ3) is 4.11. The van der Waals surface area contributed by atoms with Crippen LogP contribution in [0.3, 0.4) is 0 Å². The number of benzene rings is 1. The molecule has 5 rings (SSSR count). The molecule has 1 amide bonds. The van der Waals surface area contributed by atoms with Gasteiger partial charge in [-0.25, -0.2) is 14.6 Å². The number of anilines is 1. The summed E-state index contributed by atoms with van der Waals surface area (Å²) in [6, 6.07) is 9.79. The van der Waals surface area contributed by atoms with Crippen LogP contribution < -0.4 is 10.5 Å². The first kappa shape index (κ1) is 20.9. The second kappa shape index (κ2) is 8.90. The number of fused-ring (bicyclic) bond motifs is 1. The molecule has 168 valence electrons. The van der Waals surface area contributed by atoms with E-state index < -0.39 is 0 Å². The van der Waals surface area contributed by atoms with Crippen LogP contribution in [0.4, 0.5) is 5.82 Å². The summed E-state index contributed by atoms with van der Waals surface area (Å²) in [6.07, 6.45) is 11.5. The number of ether oxygens (including phenoxy) is 1. The maximum absolute atomic E-state index is 12.2. The van der Waals surface area contributed by atoms with Gasteiger partial charge in [-0.1, -0.05) is 36.9 Å². The molecule has 0 spiro atoms. The van der Waals surface area contributed by atoms with Gasteiger partial charge < -0.3 is 15.4 Å². The SMILES string of the molecule is C=CC(=O)N1CCCC(n2nc(C3=CCC(Oc4ccccc4)C=C3)c3c(N)ncnc32)C1. The summed E-state index contributed by atoms with van der Waals surface area (Å²) in [7, 11) is 0. The van der Waals surface area contributed by atoms with Crippen molar-refractivity contribution in [1.29, 1.82) is 0 Å². The van der Waals surface area contributed by atoms with Crippen molar-refractivity contribution in [1.82, 2.24) is 24.6 Å². The van der Waals surface area contributed by atoms with E-state index >= 15 is 0 Å². The molecule has 0 saturated carbocycles. The van der Waals surface area contributed by atoms with E-state index in [2.05, 4.69) is 22.6 Å². The molecule has 2 atom stereocenters. The number of allylic oxidation sites excluding steroid dienone is 2. The van der Waals surface area contributed by atoms with E-state index in [1.807, 2.05) is 52.1 Å². The summed E-state index contributed by atoms with van der Waals surface area (Å²) in [5.41, 5.74) is 8.68. The van der Waals surface area contributed by atoms with Crippen LogP contribution in [0, 0.1) is 0 Å². The summed E-state index contributed by atoms with van der Waals surface area (Å²) >= 11 is 0. The first-order chi connectivity index (χ1) is 16.1. The topological polar surface area (TPSA) is 99.2 Å². The molecular formula is C25H26N6O2. The number of nitrogen functional groups attached to an aromatic ring is 1. The van der Waals surface area contributed by atoms with Crippen LogP contribution in [-0.4, -0.2) is 49.7 Å². The number of carbonyl (C=O) groups is 1. The van der Waals surface area contributed by atoms with Gasteiger partial charge in [-0.3, -0.25) is 4.79 Å². The van der Waals surface area contributed by atoms with Crippen molar-refractivity contribution in [3.8, 4) is 5.75 Å². The number of carbonyl (C=O) groups excluding carboxylic acids is 1. The maximum Gasteiger partial charge on any atom is 0.246 e. The van der Waals surface area contributed by atoms with E-state index in [1.54, 1.807) is 0 Å². The molecule has 0 radical (unpaired) electrons. The standard InChI is InChI=1S/C25H26N6O2/c1-2-21(32)30-14-6-7-18(15-30)31-25-22(24(26)27-16-28-25)23(29-31)17-10-12-20(13-11-17)33-19-8-4-3-5-9-19/h2-5,8-12,16,18,20H,1,6-7,13-15H2,(H2,26,27,28). The molecule has 1 fully saturated rings. The molecule has 1 aliphatic carbocycles. The average Bonchev–Trinajstić information content (AvgIpc) is 3.26. The molecular weight excluding hydrogens is 416 g/mol. The minimum absolute atomic E-state index is 0.00975. The van der Waals surface area contributed by atoms with E-state index in [0.717, 1.165) is 41.8 Å². The Kier molecular flexibility index (Phi) is 5.64. The normalized spacial score (nSPS) is 20.5. The Labute approximate surface area is 192 Å². The molecule has 1 saturated heterocycles. The average molecular weight is 443 g/mol. The molecule has 8 heteroatoms. The molecule has 2 aliphatic rings. The molecule has 8 nitrogen and oxygen atoms in total. The Hall–Kier alpha value is -3.94. The summed E-state index contributed by atoms with van der Waals surface area (Å²) in [4.78, 5) is 22.7. The Morgan fingerprint density at radius 2 is 2.09 bits per heavy atom. The number of nitrogens with two attached hydrogens (primary N) is 1. The number of nitrogens with zero attached hydrogens (tertiary/aromatic N) is 5. The summed E-state index contributed by atoms with van der Waals surface area (Å²) in [6.45, 7) is 4.90. The van der Waals surface area contributed by atoms with Crippen LogP contribution in [0.1, 0.15) is 31.0 Å². The van der Waals surface area contributed by atoms with Crippen LogP contribution in [0.2, 0.25) is 0 Å². The van der Waals surface area contributed by atoms with Crippen LogP contribution in [0.25, 0.3) is 16.6 Å². The minimum atomic E-state index is -0.0621. The highest BCUT2D eigenvalue weighted by molar-refractivity contribution is 5.97. The number of piperidine rings is 1.